The van der Waals surface area contributed by atoms with Crippen LogP contribution in [0.15, 0.2) is 78.0 Å². The van der Waals surface area contributed by atoms with E-state index in [-0.39, 0.29) is 5.82 Å². The Morgan fingerprint density at radius 3 is 2.53 bits per heavy atom. The van der Waals surface area contributed by atoms with Crippen molar-refractivity contribution in [3.05, 3.63) is 95.1 Å². The van der Waals surface area contributed by atoms with Gasteiger partial charge < -0.3 is 15.0 Å². The summed E-state index contributed by atoms with van der Waals surface area (Å²) in [5, 5.41) is 10.3. The predicted molar refractivity (Wildman–Crippen MR) is 140 cm³/mol. The molecule has 4 rings (SSSR count). The quantitative estimate of drug-likeness (QED) is 0.463. The van der Waals surface area contributed by atoms with Gasteiger partial charge in [0.1, 0.15) is 11.9 Å². The van der Waals surface area contributed by atoms with Crippen LogP contribution in [0.2, 0.25) is 0 Å². The number of benzene rings is 1. The first-order valence-corrected chi connectivity index (χ1v) is 12.8. The van der Waals surface area contributed by atoms with E-state index < -0.39 is 6.10 Å². The number of likely N-dealkylation sites (tertiary alicyclic amines) is 1. The zero-order valence-corrected chi connectivity index (χ0v) is 21.0. The van der Waals surface area contributed by atoms with Gasteiger partial charge in [0.05, 0.1) is 0 Å². The minimum absolute atomic E-state index is 0.143. The monoisotopic (exact) mass is 464 g/mol. The Labute approximate surface area is 205 Å². The van der Waals surface area contributed by atoms with Crippen molar-refractivity contribution < 1.29 is 9.50 Å². The lowest BCUT2D eigenvalue weighted by Gasteiger charge is -2.30. The summed E-state index contributed by atoms with van der Waals surface area (Å²) in [6.07, 6.45) is 15.7. The Balaban J connectivity index is 0.000000192. The number of piperidine rings is 1. The normalized spacial score (nSPS) is 20.1. The second-order valence-corrected chi connectivity index (χ2v) is 9.76. The van der Waals surface area contributed by atoms with Crippen molar-refractivity contribution in [3.63, 3.8) is 0 Å². The van der Waals surface area contributed by atoms with Gasteiger partial charge in [-0.15, -0.1) is 0 Å². The third-order valence-corrected chi connectivity index (χ3v) is 6.95. The van der Waals surface area contributed by atoms with Gasteiger partial charge in [0.25, 0.3) is 0 Å². The van der Waals surface area contributed by atoms with Gasteiger partial charge in [0.2, 0.25) is 0 Å². The number of hydrogen-bond donors (Lipinski definition) is 2. The number of nitrogens with one attached hydrogen (secondary N) is 1. The van der Waals surface area contributed by atoms with E-state index in [9.17, 15) is 9.50 Å². The third-order valence-electron chi connectivity index (χ3n) is 6.95. The molecule has 1 aromatic heterocycles. The van der Waals surface area contributed by atoms with Crippen molar-refractivity contribution in [1.82, 2.24) is 9.88 Å². The molecule has 1 aliphatic heterocycles. The molecule has 0 amide bonds. The number of H-pyrrole nitrogens is 1. The van der Waals surface area contributed by atoms with Crippen molar-refractivity contribution in [2.75, 3.05) is 19.6 Å². The summed E-state index contributed by atoms with van der Waals surface area (Å²) in [6, 6.07) is 10.7. The van der Waals surface area contributed by atoms with Crippen LogP contribution >= 0.6 is 0 Å². The molecule has 2 N–H and O–H groups in total. The number of rotatable bonds is 7. The molecule has 2 aliphatic rings. The van der Waals surface area contributed by atoms with Gasteiger partial charge in [0, 0.05) is 18.4 Å². The van der Waals surface area contributed by atoms with Crippen LogP contribution in [0.3, 0.4) is 0 Å². The minimum Gasteiger partial charge on any atom is -0.382 e. The fourth-order valence-corrected chi connectivity index (χ4v) is 4.59. The fraction of sp³-hybridized carbons (Fsp3) is 0.467. The summed E-state index contributed by atoms with van der Waals surface area (Å²) >= 11 is 0. The average Bonchev–Trinajstić information content (AvgIpc) is 3.32. The van der Waals surface area contributed by atoms with Crippen LogP contribution in [0.4, 0.5) is 4.39 Å². The second kappa shape index (κ2) is 13.5. The Hall–Kier alpha value is -2.43. The van der Waals surface area contributed by atoms with Crippen LogP contribution in [-0.2, 0) is 6.42 Å². The molecule has 4 heteroatoms. The van der Waals surface area contributed by atoms with E-state index in [1.165, 1.54) is 49.9 Å². The van der Waals surface area contributed by atoms with Gasteiger partial charge in [-0.3, -0.25) is 0 Å². The first-order chi connectivity index (χ1) is 16.5. The van der Waals surface area contributed by atoms with Crippen LogP contribution < -0.4 is 0 Å². The van der Waals surface area contributed by atoms with E-state index in [1.54, 1.807) is 12.1 Å². The van der Waals surface area contributed by atoms with Crippen LogP contribution in [0.1, 0.15) is 63.8 Å². The summed E-state index contributed by atoms with van der Waals surface area (Å²) in [4.78, 5) is 5.58. The van der Waals surface area contributed by atoms with Gasteiger partial charge in [-0.2, -0.15) is 0 Å². The first-order valence-electron chi connectivity index (χ1n) is 12.8. The molecule has 2 heterocycles. The number of aliphatic hydroxyl groups excluding tert-OH is 1. The molecule has 1 aromatic carbocycles. The molecule has 2 atom stereocenters. The van der Waals surface area contributed by atoms with Gasteiger partial charge in [0.15, 0.2) is 0 Å². The summed E-state index contributed by atoms with van der Waals surface area (Å²) in [6.45, 7) is 10.2. The van der Waals surface area contributed by atoms with Crippen molar-refractivity contribution in [1.29, 1.82) is 0 Å². The van der Waals surface area contributed by atoms with E-state index in [0.29, 0.717) is 5.92 Å². The molecule has 34 heavy (non-hydrogen) atoms. The largest absolute Gasteiger partial charge is 0.382 e. The summed E-state index contributed by atoms with van der Waals surface area (Å²) in [5.74, 6) is 1.25. The lowest BCUT2D eigenvalue weighted by atomic mass is 9.94. The fourth-order valence-electron chi connectivity index (χ4n) is 4.59. The zero-order chi connectivity index (χ0) is 24.3. The van der Waals surface area contributed by atoms with E-state index >= 15 is 0 Å². The molecule has 2 unspecified atom stereocenters. The molecular weight excluding hydrogens is 423 g/mol. The second-order valence-electron chi connectivity index (χ2n) is 9.76. The number of halogens is 1. The zero-order valence-electron chi connectivity index (χ0n) is 21.0. The molecule has 1 saturated heterocycles. The van der Waals surface area contributed by atoms with E-state index in [4.69, 9.17) is 0 Å². The van der Waals surface area contributed by atoms with Crippen LogP contribution in [-0.4, -0.2) is 34.6 Å². The third kappa shape index (κ3) is 8.11. The SMILES string of the molecule is CC1CCN(CCc2ccc(F)cc2)CC1.CCCC1C=CC=C(C(O)c2ccc[nH]2)C=C1C. The van der Waals surface area contributed by atoms with E-state index in [0.717, 1.165) is 30.2 Å². The highest BCUT2D eigenvalue weighted by Gasteiger charge is 2.16. The highest BCUT2D eigenvalue weighted by Crippen LogP contribution is 2.28. The molecule has 0 radical (unpaired) electrons. The molecule has 1 aliphatic carbocycles. The standard InChI is InChI=1S/C16H21NO.C14H20FN/c1-3-6-13-7-4-8-14(11-12(13)2)16(18)15-9-5-10-17-15;1-12-6-9-16(10-7-12)11-8-13-2-4-14(15)5-3-13/h4-5,7-11,13,16-18H,3,6H2,1-2H3;2-5,12H,6-11H2,1H3. The Morgan fingerprint density at radius 2 is 1.88 bits per heavy atom. The number of hydrogen-bond acceptors (Lipinski definition) is 2. The average molecular weight is 465 g/mol. The van der Waals surface area contributed by atoms with Gasteiger partial charge in [-0.1, -0.05) is 62.3 Å². The van der Waals surface area contributed by atoms with Gasteiger partial charge >= 0.3 is 0 Å². The lowest BCUT2D eigenvalue weighted by molar-refractivity contribution is 0.194. The molecular formula is C30H41FN2O. The van der Waals surface area contributed by atoms with Crippen LogP contribution in [0, 0.1) is 17.7 Å². The molecule has 184 valence electrons. The number of aliphatic hydroxyl groups is 1. The predicted octanol–water partition coefficient (Wildman–Crippen LogP) is 7.01. The molecule has 3 nitrogen and oxygen atoms in total. The summed E-state index contributed by atoms with van der Waals surface area (Å²) in [7, 11) is 0. The molecule has 2 aromatic rings. The number of nitrogens with zero attached hydrogens (tertiary/aromatic N) is 1. The van der Waals surface area contributed by atoms with Crippen LogP contribution in [0.25, 0.3) is 0 Å². The minimum atomic E-state index is -0.569. The van der Waals surface area contributed by atoms with Gasteiger partial charge in [-0.25, -0.2) is 4.39 Å². The lowest BCUT2D eigenvalue weighted by Crippen LogP contribution is -2.34. The Bertz CT molecular complexity index is 935. The van der Waals surface area contributed by atoms with E-state index in [1.807, 2.05) is 36.5 Å². The van der Waals surface area contributed by atoms with Crippen LogP contribution in [0.5, 0.6) is 0 Å². The highest BCUT2D eigenvalue weighted by molar-refractivity contribution is 5.37. The first kappa shape index (κ1) is 26.2. The van der Waals surface area contributed by atoms with Crippen molar-refractivity contribution in [2.45, 2.75) is 59.0 Å². The van der Waals surface area contributed by atoms with E-state index in [2.05, 4.69) is 48.9 Å². The Morgan fingerprint density at radius 1 is 1.15 bits per heavy atom. The number of aromatic amines is 1. The molecule has 1 fully saturated rings. The smallest absolute Gasteiger partial charge is 0.123 e. The van der Waals surface area contributed by atoms with Crippen molar-refractivity contribution in [2.24, 2.45) is 11.8 Å². The Kier molecular flexibility index (Phi) is 10.4. The molecule has 0 spiro atoms. The van der Waals surface area contributed by atoms with Gasteiger partial charge in [-0.05, 0) is 92.9 Å². The maximum Gasteiger partial charge on any atom is 0.123 e. The summed E-state index contributed by atoms with van der Waals surface area (Å²) in [5.41, 5.74) is 4.35. The number of aromatic nitrogens is 1. The topological polar surface area (TPSA) is 39.3 Å². The number of allylic oxidation sites excluding steroid dienone is 4. The maximum absolute atomic E-state index is 12.7. The van der Waals surface area contributed by atoms with Crippen molar-refractivity contribution >= 4 is 0 Å². The highest BCUT2D eigenvalue weighted by atomic mass is 19.1. The summed E-state index contributed by atoms with van der Waals surface area (Å²) < 4.78 is 12.7. The molecule has 0 saturated carbocycles. The molecule has 0 bridgehead atoms. The maximum atomic E-state index is 12.7. The van der Waals surface area contributed by atoms with Crippen molar-refractivity contribution in [3.8, 4) is 0 Å².